The van der Waals surface area contributed by atoms with Gasteiger partial charge < -0.3 is 33.9 Å². The van der Waals surface area contributed by atoms with Crippen molar-refractivity contribution in [3.05, 3.63) is 54.1 Å². The Bertz CT molecular complexity index is 1470. The number of rotatable bonds is 7. The molecule has 2 fully saturated rings. The summed E-state index contributed by atoms with van der Waals surface area (Å²) in [5.41, 5.74) is 3.63. The lowest BCUT2D eigenvalue weighted by molar-refractivity contribution is 0.395. The normalized spacial score (nSPS) is 17.7. The van der Waals surface area contributed by atoms with Crippen molar-refractivity contribution in [1.82, 2.24) is 24.7 Å². The molecule has 11 heteroatoms. The van der Waals surface area contributed by atoms with Crippen LogP contribution in [0.1, 0.15) is 6.42 Å². The molecule has 2 saturated heterocycles. The number of hydrogen-bond donors (Lipinski definition) is 1. The smallest absolute Gasteiger partial charge is 0.141 e. The molecule has 0 aliphatic carbocycles. The number of halogens is 1. The van der Waals surface area contributed by atoms with E-state index in [0.717, 1.165) is 79.9 Å². The van der Waals surface area contributed by atoms with Gasteiger partial charge in [0.05, 0.1) is 24.9 Å². The summed E-state index contributed by atoms with van der Waals surface area (Å²) in [6.07, 6.45) is 6.87. The van der Waals surface area contributed by atoms with Crippen LogP contribution in [0.4, 0.5) is 17.3 Å². The number of fused-ring (bicyclic) bond motifs is 1. The summed E-state index contributed by atoms with van der Waals surface area (Å²) in [5.74, 6) is 3.23. The van der Waals surface area contributed by atoms with E-state index in [1.54, 1.807) is 26.6 Å². The Hall–Kier alpha value is -3.76. The highest BCUT2D eigenvalue weighted by atomic mass is 35.5. The molecule has 1 atom stereocenters. The van der Waals surface area contributed by atoms with Crippen LogP contribution in [0, 0.1) is 0 Å². The zero-order valence-electron chi connectivity index (χ0n) is 22.5. The lowest BCUT2D eigenvalue weighted by Crippen LogP contribution is -2.47. The molecule has 204 valence electrons. The number of benzene rings is 1. The summed E-state index contributed by atoms with van der Waals surface area (Å²) in [6.45, 7) is 5.58. The molecule has 2 aliphatic heterocycles. The van der Waals surface area contributed by atoms with Crippen LogP contribution in [-0.2, 0) is 0 Å². The molecule has 0 radical (unpaired) electrons. The zero-order valence-corrected chi connectivity index (χ0v) is 23.2. The largest absolute Gasteiger partial charge is 0.496 e. The van der Waals surface area contributed by atoms with E-state index in [-0.39, 0.29) is 0 Å². The topological polar surface area (TPSA) is 83.3 Å². The van der Waals surface area contributed by atoms with Crippen molar-refractivity contribution in [2.75, 3.05) is 75.2 Å². The third-order valence-corrected chi connectivity index (χ3v) is 8.02. The van der Waals surface area contributed by atoms with Gasteiger partial charge in [-0.25, -0.2) is 15.0 Å². The number of imidazole rings is 1. The van der Waals surface area contributed by atoms with Crippen LogP contribution in [0.3, 0.4) is 0 Å². The predicted octanol–water partition coefficient (Wildman–Crippen LogP) is 3.59. The van der Waals surface area contributed by atoms with Crippen LogP contribution < -0.4 is 29.5 Å². The minimum atomic E-state index is 0.516. The van der Waals surface area contributed by atoms with Gasteiger partial charge in [-0.05, 0) is 25.6 Å². The summed E-state index contributed by atoms with van der Waals surface area (Å²) >= 11 is 6.40. The van der Waals surface area contributed by atoms with Crippen LogP contribution in [-0.4, -0.2) is 85.9 Å². The van der Waals surface area contributed by atoms with Gasteiger partial charge in [0.1, 0.15) is 35.1 Å². The maximum Gasteiger partial charge on any atom is 0.141 e. The molecule has 0 amide bonds. The zero-order chi connectivity index (χ0) is 26.9. The maximum atomic E-state index is 6.40. The van der Waals surface area contributed by atoms with E-state index in [0.29, 0.717) is 22.6 Å². The SMILES string of the molecule is CNC1CCN(c2cc(N3CCN(c4ccn5cc(-c6cc(Cl)c(OC)cc6OC)nc5c4)CC3)ncn2)C1. The van der Waals surface area contributed by atoms with E-state index in [1.807, 2.05) is 23.7 Å². The average molecular weight is 549 g/mol. The third-order valence-electron chi connectivity index (χ3n) is 7.72. The van der Waals surface area contributed by atoms with Crippen molar-refractivity contribution in [2.45, 2.75) is 12.5 Å². The molecule has 10 nitrogen and oxygen atoms in total. The van der Waals surface area contributed by atoms with Gasteiger partial charge in [-0.2, -0.15) is 0 Å². The Morgan fingerprint density at radius 2 is 1.64 bits per heavy atom. The quantitative estimate of drug-likeness (QED) is 0.372. The number of pyridine rings is 1. The van der Waals surface area contributed by atoms with Gasteiger partial charge in [0.2, 0.25) is 0 Å². The van der Waals surface area contributed by atoms with Crippen molar-refractivity contribution in [3.63, 3.8) is 0 Å². The Morgan fingerprint density at radius 3 is 2.36 bits per heavy atom. The van der Waals surface area contributed by atoms with Crippen molar-refractivity contribution in [3.8, 4) is 22.8 Å². The van der Waals surface area contributed by atoms with Gasteiger partial charge in [-0.1, -0.05) is 11.6 Å². The van der Waals surface area contributed by atoms with Gasteiger partial charge in [0.15, 0.2) is 0 Å². The molecule has 39 heavy (non-hydrogen) atoms. The monoisotopic (exact) mass is 548 g/mol. The van der Waals surface area contributed by atoms with Gasteiger partial charge in [-0.15, -0.1) is 0 Å². The Morgan fingerprint density at radius 1 is 0.897 bits per heavy atom. The van der Waals surface area contributed by atoms with Crippen molar-refractivity contribution in [2.24, 2.45) is 0 Å². The van der Waals surface area contributed by atoms with E-state index in [1.165, 1.54) is 0 Å². The van der Waals surface area contributed by atoms with Gasteiger partial charge in [0, 0.05) is 87.2 Å². The number of likely N-dealkylation sites (N-methyl/N-ethyl adjacent to an activating group) is 1. The number of nitrogens with zero attached hydrogens (tertiary/aromatic N) is 7. The average Bonchev–Trinajstić information content (AvgIpc) is 3.64. The van der Waals surface area contributed by atoms with E-state index in [2.05, 4.69) is 54.4 Å². The number of piperazine rings is 1. The van der Waals surface area contributed by atoms with E-state index in [9.17, 15) is 0 Å². The molecule has 1 unspecified atom stereocenters. The van der Waals surface area contributed by atoms with Crippen LogP contribution in [0.15, 0.2) is 49.1 Å². The first-order chi connectivity index (χ1) is 19.1. The molecular weight excluding hydrogens is 516 g/mol. The second-order valence-electron chi connectivity index (χ2n) is 9.89. The molecule has 5 heterocycles. The first-order valence-electron chi connectivity index (χ1n) is 13.2. The summed E-state index contributed by atoms with van der Waals surface area (Å²) in [7, 11) is 5.25. The van der Waals surface area contributed by atoms with Gasteiger partial charge in [0.25, 0.3) is 0 Å². The predicted molar refractivity (Wildman–Crippen MR) is 155 cm³/mol. The Kier molecular flexibility index (Phi) is 7.05. The highest BCUT2D eigenvalue weighted by Gasteiger charge is 2.24. The number of anilines is 3. The molecule has 6 rings (SSSR count). The number of methoxy groups -OCH3 is 2. The summed E-state index contributed by atoms with van der Waals surface area (Å²) < 4.78 is 12.9. The molecule has 0 spiro atoms. The molecule has 0 bridgehead atoms. The molecular formula is C28H33ClN8O2. The second kappa shape index (κ2) is 10.8. The van der Waals surface area contributed by atoms with Crippen LogP contribution >= 0.6 is 11.6 Å². The van der Waals surface area contributed by atoms with Crippen LogP contribution in [0.2, 0.25) is 5.02 Å². The summed E-state index contributed by atoms with van der Waals surface area (Å²) in [5, 5.41) is 3.89. The number of nitrogens with one attached hydrogen (secondary N) is 1. The fourth-order valence-electron chi connectivity index (χ4n) is 5.44. The number of aromatic nitrogens is 4. The Labute approximate surface area is 233 Å². The van der Waals surface area contributed by atoms with Crippen LogP contribution in [0.25, 0.3) is 16.9 Å². The molecule has 3 aromatic heterocycles. The third kappa shape index (κ3) is 5.02. The van der Waals surface area contributed by atoms with Crippen LogP contribution in [0.5, 0.6) is 11.5 Å². The van der Waals surface area contributed by atoms with E-state index < -0.39 is 0 Å². The highest BCUT2D eigenvalue weighted by molar-refractivity contribution is 6.32. The van der Waals surface area contributed by atoms with Crippen molar-refractivity contribution in [1.29, 1.82) is 0 Å². The van der Waals surface area contributed by atoms with E-state index in [4.69, 9.17) is 26.1 Å². The molecule has 4 aromatic rings. The number of ether oxygens (including phenoxy) is 2. The van der Waals surface area contributed by atoms with Gasteiger partial charge in [-0.3, -0.25) is 0 Å². The first kappa shape index (κ1) is 25.5. The minimum absolute atomic E-state index is 0.516. The lowest BCUT2D eigenvalue weighted by Gasteiger charge is -2.36. The highest BCUT2D eigenvalue weighted by Crippen LogP contribution is 2.38. The lowest BCUT2D eigenvalue weighted by atomic mass is 10.1. The second-order valence-corrected chi connectivity index (χ2v) is 10.3. The Balaban J connectivity index is 1.16. The fourth-order valence-corrected chi connectivity index (χ4v) is 5.68. The molecule has 1 N–H and O–H groups in total. The summed E-state index contributed by atoms with van der Waals surface area (Å²) in [4.78, 5) is 21.1. The van der Waals surface area contributed by atoms with Gasteiger partial charge >= 0.3 is 0 Å². The summed E-state index contributed by atoms with van der Waals surface area (Å²) in [6, 6.07) is 10.5. The first-order valence-corrected chi connectivity index (χ1v) is 13.6. The maximum absolute atomic E-state index is 6.40. The minimum Gasteiger partial charge on any atom is -0.496 e. The van der Waals surface area contributed by atoms with E-state index >= 15 is 0 Å². The number of hydrogen-bond acceptors (Lipinski definition) is 9. The fraction of sp³-hybridized carbons (Fsp3) is 0.393. The standard InChI is InChI=1S/C28H33ClN8O2/c1-30-19-4-6-36(16-19)27-15-26(31-18-32-27)35-10-8-34(9-11-35)20-5-7-37-17-23(33-28(37)12-20)21-13-22(29)25(39-3)14-24(21)38-2/h5,7,12-15,17-19,30H,4,6,8-11,16H2,1-3H3. The molecule has 2 aliphatic rings. The van der Waals surface area contributed by atoms with Crippen molar-refractivity contribution >= 4 is 34.6 Å². The molecule has 1 aromatic carbocycles. The molecule has 0 saturated carbocycles. The van der Waals surface area contributed by atoms with Crippen molar-refractivity contribution < 1.29 is 9.47 Å².